The van der Waals surface area contributed by atoms with Gasteiger partial charge >= 0.3 is 0 Å². The van der Waals surface area contributed by atoms with Gasteiger partial charge in [-0.15, -0.1) is 0 Å². The number of rotatable bonds is 5. The highest BCUT2D eigenvalue weighted by atomic mass is 16.5. The van der Waals surface area contributed by atoms with Crippen molar-refractivity contribution in [3.8, 4) is 11.5 Å². The van der Waals surface area contributed by atoms with Crippen molar-refractivity contribution in [2.24, 2.45) is 18.7 Å². The van der Waals surface area contributed by atoms with Crippen LogP contribution in [-0.4, -0.2) is 26.2 Å². The molecule has 2 heterocycles. The van der Waals surface area contributed by atoms with Gasteiger partial charge < -0.3 is 14.8 Å². The van der Waals surface area contributed by atoms with Gasteiger partial charge in [-0.05, 0) is 18.9 Å². The topological polar surface area (TPSA) is 82.8 Å². The Morgan fingerprint density at radius 3 is 3.00 bits per heavy atom. The summed E-state index contributed by atoms with van der Waals surface area (Å²) in [5, 5.41) is 3.95. The van der Waals surface area contributed by atoms with Gasteiger partial charge in [0.15, 0.2) is 0 Å². The molecule has 0 aliphatic rings. The second kappa shape index (κ2) is 5.09. The van der Waals surface area contributed by atoms with Crippen molar-refractivity contribution in [2.75, 3.05) is 6.54 Å². The zero-order valence-corrected chi connectivity index (χ0v) is 10.1. The lowest BCUT2D eigenvalue weighted by molar-refractivity contribution is 0.366. The molecule has 0 saturated carbocycles. The first-order valence-corrected chi connectivity index (χ1v) is 5.70. The van der Waals surface area contributed by atoms with E-state index in [2.05, 4.69) is 22.0 Å². The Hall–Kier alpha value is -1.69. The van der Waals surface area contributed by atoms with Gasteiger partial charge in [-0.3, -0.25) is 0 Å². The lowest BCUT2D eigenvalue weighted by atomic mass is 10.1. The fourth-order valence-electron chi connectivity index (χ4n) is 1.52. The quantitative estimate of drug-likeness (QED) is 0.835. The van der Waals surface area contributed by atoms with Crippen LogP contribution < -0.4 is 5.73 Å². The van der Waals surface area contributed by atoms with E-state index in [-0.39, 0.29) is 0 Å². The predicted octanol–water partition coefficient (Wildman–Crippen LogP) is 0.998. The predicted molar refractivity (Wildman–Crippen MR) is 63.0 cm³/mol. The van der Waals surface area contributed by atoms with Crippen molar-refractivity contribution in [3.63, 3.8) is 0 Å². The van der Waals surface area contributed by atoms with E-state index in [4.69, 9.17) is 10.3 Å². The van der Waals surface area contributed by atoms with E-state index >= 15 is 0 Å². The molecule has 0 saturated heterocycles. The summed E-state index contributed by atoms with van der Waals surface area (Å²) in [7, 11) is 1.90. The molecule has 0 aliphatic heterocycles. The summed E-state index contributed by atoms with van der Waals surface area (Å²) in [4.78, 5) is 8.36. The molecule has 0 aliphatic carbocycles. The van der Waals surface area contributed by atoms with Crippen molar-refractivity contribution < 1.29 is 4.52 Å². The van der Waals surface area contributed by atoms with Crippen LogP contribution in [0.2, 0.25) is 0 Å². The van der Waals surface area contributed by atoms with Crippen LogP contribution in [0.3, 0.4) is 0 Å². The van der Waals surface area contributed by atoms with E-state index in [1.165, 1.54) is 0 Å². The van der Waals surface area contributed by atoms with Crippen LogP contribution in [0.5, 0.6) is 0 Å². The Bertz CT molecular complexity index is 476. The summed E-state index contributed by atoms with van der Waals surface area (Å²) in [6.45, 7) is 2.79. The first-order chi connectivity index (χ1) is 8.20. The van der Waals surface area contributed by atoms with Gasteiger partial charge in [0.2, 0.25) is 11.7 Å². The van der Waals surface area contributed by atoms with E-state index in [0.717, 1.165) is 18.5 Å². The number of hydrogen-bond donors (Lipinski definition) is 1. The highest BCUT2D eigenvalue weighted by Crippen LogP contribution is 2.15. The maximum absolute atomic E-state index is 5.56. The standard InChI is InChI=1S/C11H17N5O/c1-8(5-12)3-4-10-14-11(15-17-10)9-6-13-7-16(9)2/h6-8H,3-5,12H2,1-2H3. The second-order valence-electron chi connectivity index (χ2n) is 4.28. The van der Waals surface area contributed by atoms with Gasteiger partial charge in [0.05, 0.1) is 12.5 Å². The molecular formula is C11H17N5O. The van der Waals surface area contributed by atoms with Crippen LogP contribution in [-0.2, 0) is 13.5 Å². The van der Waals surface area contributed by atoms with Crippen LogP contribution in [0.4, 0.5) is 0 Å². The molecule has 0 aromatic carbocycles. The summed E-state index contributed by atoms with van der Waals surface area (Å²) in [5.41, 5.74) is 6.41. The van der Waals surface area contributed by atoms with E-state index in [0.29, 0.717) is 24.2 Å². The van der Waals surface area contributed by atoms with Crippen molar-refractivity contribution in [2.45, 2.75) is 19.8 Å². The SMILES string of the molecule is CC(CN)CCc1nc(-c2cncn2C)no1. The second-order valence-corrected chi connectivity index (χ2v) is 4.28. The average molecular weight is 235 g/mol. The summed E-state index contributed by atoms with van der Waals surface area (Å²) in [6, 6.07) is 0. The molecule has 2 aromatic heterocycles. The molecule has 1 unspecified atom stereocenters. The molecule has 0 bridgehead atoms. The molecule has 2 N–H and O–H groups in total. The number of nitrogens with two attached hydrogens (primary N) is 1. The minimum Gasteiger partial charge on any atom is -0.339 e. The van der Waals surface area contributed by atoms with Crippen LogP contribution in [0.15, 0.2) is 17.0 Å². The monoisotopic (exact) mass is 235 g/mol. The van der Waals surface area contributed by atoms with Gasteiger partial charge in [-0.25, -0.2) is 4.98 Å². The largest absolute Gasteiger partial charge is 0.339 e. The van der Waals surface area contributed by atoms with Gasteiger partial charge in [0, 0.05) is 13.5 Å². The molecule has 17 heavy (non-hydrogen) atoms. The summed E-state index contributed by atoms with van der Waals surface area (Å²) in [6.07, 6.45) is 5.16. The minimum atomic E-state index is 0.474. The lowest BCUT2D eigenvalue weighted by Crippen LogP contribution is -2.11. The molecule has 92 valence electrons. The highest BCUT2D eigenvalue weighted by molar-refractivity contribution is 5.46. The zero-order chi connectivity index (χ0) is 12.3. The fraction of sp³-hybridized carbons (Fsp3) is 0.545. The Balaban J connectivity index is 2.04. The maximum atomic E-state index is 5.56. The van der Waals surface area contributed by atoms with Crippen LogP contribution >= 0.6 is 0 Å². The molecule has 0 spiro atoms. The third-order valence-electron chi connectivity index (χ3n) is 2.77. The van der Waals surface area contributed by atoms with Crippen molar-refractivity contribution >= 4 is 0 Å². The minimum absolute atomic E-state index is 0.474. The first-order valence-electron chi connectivity index (χ1n) is 5.70. The Labute approximate surface area is 99.8 Å². The summed E-state index contributed by atoms with van der Waals surface area (Å²) >= 11 is 0. The molecule has 2 rings (SSSR count). The Morgan fingerprint density at radius 2 is 2.35 bits per heavy atom. The van der Waals surface area contributed by atoms with Crippen LogP contribution in [0.1, 0.15) is 19.2 Å². The third-order valence-corrected chi connectivity index (χ3v) is 2.77. The number of aromatic nitrogens is 4. The molecule has 0 fully saturated rings. The Kier molecular flexibility index (Phi) is 3.53. The maximum Gasteiger partial charge on any atom is 0.227 e. The van der Waals surface area contributed by atoms with E-state index in [9.17, 15) is 0 Å². The lowest BCUT2D eigenvalue weighted by Gasteiger charge is -2.03. The normalized spacial score (nSPS) is 12.9. The molecule has 6 nitrogen and oxygen atoms in total. The van der Waals surface area contributed by atoms with Crippen molar-refractivity contribution in [3.05, 3.63) is 18.4 Å². The molecule has 0 radical (unpaired) electrons. The summed E-state index contributed by atoms with van der Waals surface area (Å²) < 4.78 is 7.05. The molecule has 6 heteroatoms. The summed E-state index contributed by atoms with van der Waals surface area (Å²) in [5.74, 6) is 1.71. The smallest absolute Gasteiger partial charge is 0.227 e. The Morgan fingerprint density at radius 1 is 1.53 bits per heavy atom. The van der Waals surface area contributed by atoms with Gasteiger partial charge in [-0.1, -0.05) is 12.1 Å². The molecule has 2 aromatic rings. The van der Waals surface area contributed by atoms with E-state index in [1.54, 1.807) is 12.5 Å². The average Bonchev–Trinajstić information content (AvgIpc) is 2.94. The van der Waals surface area contributed by atoms with E-state index < -0.39 is 0 Å². The van der Waals surface area contributed by atoms with Crippen LogP contribution in [0, 0.1) is 5.92 Å². The van der Waals surface area contributed by atoms with Gasteiger partial charge in [0.1, 0.15) is 5.69 Å². The number of nitrogens with zero attached hydrogens (tertiary/aromatic N) is 4. The van der Waals surface area contributed by atoms with Crippen molar-refractivity contribution in [1.82, 2.24) is 19.7 Å². The first kappa shape index (κ1) is 11.8. The molecular weight excluding hydrogens is 218 g/mol. The number of hydrogen-bond acceptors (Lipinski definition) is 5. The number of imidazole rings is 1. The third kappa shape index (κ3) is 2.71. The number of aryl methyl sites for hydroxylation is 2. The highest BCUT2D eigenvalue weighted by Gasteiger charge is 2.12. The van der Waals surface area contributed by atoms with Gasteiger partial charge in [0.25, 0.3) is 0 Å². The molecule has 0 amide bonds. The molecule has 1 atom stereocenters. The van der Waals surface area contributed by atoms with E-state index in [1.807, 2.05) is 11.6 Å². The van der Waals surface area contributed by atoms with Crippen LogP contribution in [0.25, 0.3) is 11.5 Å². The fourth-order valence-corrected chi connectivity index (χ4v) is 1.52. The van der Waals surface area contributed by atoms with Crippen molar-refractivity contribution in [1.29, 1.82) is 0 Å². The zero-order valence-electron chi connectivity index (χ0n) is 10.1. The van der Waals surface area contributed by atoms with Gasteiger partial charge in [-0.2, -0.15) is 4.98 Å².